The van der Waals surface area contributed by atoms with Crippen molar-refractivity contribution in [1.29, 1.82) is 5.26 Å². The summed E-state index contributed by atoms with van der Waals surface area (Å²) in [6, 6.07) is 1.59. The maximum absolute atomic E-state index is 10.4. The number of rotatable bonds is 3. The van der Waals surface area contributed by atoms with Crippen molar-refractivity contribution in [2.24, 2.45) is 0 Å². The fourth-order valence-electron chi connectivity index (χ4n) is 0.421. The lowest BCUT2D eigenvalue weighted by Gasteiger charge is -1.98. The van der Waals surface area contributed by atoms with Crippen LogP contribution in [-0.2, 0) is 9.53 Å². The molecule has 0 aromatic heterocycles. The Bertz CT molecular complexity index is 150. The van der Waals surface area contributed by atoms with Crippen LogP contribution in [0.3, 0.4) is 0 Å². The van der Waals surface area contributed by atoms with Gasteiger partial charge in [-0.25, -0.2) is 0 Å². The average Bonchev–Trinajstić information content (AvgIpc) is 1.99. The molecular formula is C6H9NO3. The summed E-state index contributed by atoms with van der Waals surface area (Å²) in [5.41, 5.74) is 0. The van der Waals surface area contributed by atoms with Crippen molar-refractivity contribution in [3.63, 3.8) is 0 Å². The van der Waals surface area contributed by atoms with Gasteiger partial charge in [-0.15, -0.1) is 0 Å². The van der Waals surface area contributed by atoms with Crippen LogP contribution in [0.2, 0.25) is 0 Å². The van der Waals surface area contributed by atoms with Crippen LogP contribution >= 0.6 is 0 Å². The number of nitriles is 1. The molecule has 56 valence electrons. The molecule has 0 fully saturated rings. The second kappa shape index (κ2) is 4.77. The standard InChI is InChI=1S/C6H9NO3/c1-10-6(9)3-2-5(8)4-7/h5,8H,2-3H2,1H3. The van der Waals surface area contributed by atoms with E-state index in [-0.39, 0.29) is 12.8 Å². The highest BCUT2D eigenvalue weighted by Gasteiger charge is 2.05. The molecule has 1 atom stereocenters. The molecule has 0 amide bonds. The van der Waals surface area contributed by atoms with Gasteiger partial charge in [0.25, 0.3) is 0 Å². The Balaban J connectivity index is 3.37. The number of aliphatic hydroxyl groups excluding tert-OH is 1. The first-order chi connectivity index (χ1) is 4.70. The quantitative estimate of drug-likeness (QED) is 0.439. The van der Waals surface area contributed by atoms with Gasteiger partial charge in [0.15, 0.2) is 0 Å². The van der Waals surface area contributed by atoms with Crippen molar-refractivity contribution in [2.45, 2.75) is 18.9 Å². The van der Waals surface area contributed by atoms with Crippen molar-refractivity contribution in [3.05, 3.63) is 0 Å². The van der Waals surface area contributed by atoms with Crippen LogP contribution in [0, 0.1) is 11.3 Å². The van der Waals surface area contributed by atoms with Gasteiger partial charge < -0.3 is 9.84 Å². The molecule has 0 rings (SSSR count). The highest BCUT2D eigenvalue weighted by atomic mass is 16.5. The number of methoxy groups -OCH3 is 1. The van der Waals surface area contributed by atoms with Gasteiger partial charge in [0.2, 0.25) is 0 Å². The maximum atomic E-state index is 10.4. The number of esters is 1. The third kappa shape index (κ3) is 3.87. The Labute approximate surface area is 59.0 Å². The summed E-state index contributed by atoms with van der Waals surface area (Å²) in [5, 5.41) is 16.7. The van der Waals surface area contributed by atoms with E-state index in [1.807, 2.05) is 0 Å². The monoisotopic (exact) mass is 143 g/mol. The van der Waals surface area contributed by atoms with E-state index in [4.69, 9.17) is 10.4 Å². The predicted octanol–water partition coefficient (Wildman–Crippen LogP) is -0.176. The molecule has 0 spiro atoms. The molecular weight excluding hydrogens is 134 g/mol. The van der Waals surface area contributed by atoms with Crippen molar-refractivity contribution in [2.75, 3.05) is 7.11 Å². The van der Waals surface area contributed by atoms with E-state index < -0.39 is 12.1 Å². The predicted molar refractivity (Wildman–Crippen MR) is 32.9 cm³/mol. The van der Waals surface area contributed by atoms with Crippen LogP contribution in [0.25, 0.3) is 0 Å². The Morgan fingerprint density at radius 2 is 2.50 bits per heavy atom. The van der Waals surface area contributed by atoms with Gasteiger partial charge in [0, 0.05) is 6.42 Å². The minimum absolute atomic E-state index is 0.0885. The van der Waals surface area contributed by atoms with Gasteiger partial charge >= 0.3 is 5.97 Å². The molecule has 4 nitrogen and oxygen atoms in total. The summed E-state index contributed by atoms with van der Waals surface area (Å²) in [5.74, 6) is -0.408. The zero-order valence-corrected chi connectivity index (χ0v) is 5.70. The largest absolute Gasteiger partial charge is 0.469 e. The Hall–Kier alpha value is -1.08. The van der Waals surface area contributed by atoms with Gasteiger partial charge in [-0.05, 0) is 6.42 Å². The number of carbonyl (C=O) groups excluding carboxylic acids is 1. The maximum Gasteiger partial charge on any atom is 0.305 e. The summed E-state index contributed by atoms with van der Waals surface area (Å²) >= 11 is 0. The number of ether oxygens (including phenoxy) is 1. The lowest BCUT2D eigenvalue weighted by molar-refractivity contribution is -0.141. The third-order valence-corrected chi connectivity index (χ3v) is 0.999. The molecule has 0 saturated carbocycles. The van der Waals surface area contributed by atoms with Gasteiger partial charge in [0.1, 0.15) is 6.10 Å². The van der Waals surface area contributed by atoms with E-state index in [0.29, 0.717) is 0 Å². The summed E-state index contributed by atoms with van der Waals surface area (Å²) in [7, 11) is 1.26. The van der Waals surface area contributed by atoms with E-state index in [2.05, 4.69) is 4.74 Å². The summed E-state index contributed by atoms with van der Waals surface area (Å²) < 4.78 is 4.29. The van der Waals surface area contributed by atoms with Crippen LogP contribution in [0.15, 0.2) is 0 Å². The zero-order chi connectivity index (χ0) is 7.98. The molecule has 0 aromatic rings. The molecule has 0 aliphatic carbocycles. The molecule has 0 aromatic carbocycles. The van der Waals surface area contributed by atoms with Gasteiger partial charge in [-0.3, -0.25) is 4.79 Å². The third-order valence-electron chi connectivity index (χ3n) is 0.999. The second-order valence-electron chi connectivity index (χ2n) is 1.76. The van der Waals surface area contributed by atoms with Crippen LogP contribution in [0.1, 0.15) is 12.8 Å². The van der Waals surface area contributed by atoms with Crippen molar-refractivity contribution in [3.8, 4) is 6.07 Å². The fraction of sp³-hybridized carbons (Fsp3) is 0.667. The zero-order valence-electron chi connectivity index (χ0n) is 5.70. The molecule has 0 heterocycles. The molecule has 0 bridgehead atoms. The van der Waals surface area contributed by atoms with Crippen molar-refractivity contribution in [1.82, 2.24) is 0 Å². The average molecular weight is 143 g/mol. The lowest BCUT2D eigenvalue weighted by atomic mass is 10.2. The van der Waals surface area contributed by atoms with E-state index in [1.54, 1.807) is 6.07 Å². The minimum Gasteiger partial charge on any atom is -0.469 e. The molecule has 0 saturated heterocycles. The summed E-state index contributed by atoms with van der Waals surface area (Å²) in [4.78, 5) is 10.4. The van der Waals surface area contributed by atoms with E-state index in [1.165, 1.54) is 7.11 Å². The highest BCUT2D eigenvalue weighted by Crippen LogP contribution is 1.96. The first kappa shape index (κ1) is 8.92. The second-order valence-corrected chi connectivity index (χ2v) is 1.76. The number of nitrogens with zero attached hydrogens (tertiary/aromatic N) is 1. The molecule has 0 radical (unpaired) electrons. The van der Waals surface area contributed by atoms with Gasteiger partial charge in [0.05, 0.1) is 13.2 Å². The van der Waals surface area contributed by atoms with E-state index in [0.717, 1.165) is 0 Å². The molecule has 1 unspecified atom stereocenters. The van der Waals surface area contributed by atoms with Crippen LogP contribution in [0.5, 0.6) is 0 Å². The Kier molecular flexibility index (Phi) is 4.25. The summed E-state index contributed by atoms with van der Waals surface area (Å²) in [6.45, 7) is 0. The first-order valence-corrected chi connectivity index (χ1v) is 2.85. The number of carbonyl (C=O) groups is 1. The van der Waals surface area contributed by atoms with E-state index >= 15 is 0 Å². The molecule has 0 aliphatic rings. The van der Waals surface area contributed by atoms with Crippen LogP contribution in [0.4, 0.5) is 0 Å². The molecule has 0 aliphatic heterocycles. The molecule has 4 heteroatoms. The highest BCUT2D eigenvalue weighted by molar-refractivity contribution is 5.69. The molecule has 10 heavy (non-hydrogen) atoms. The number of hydrogen-bond donors (Lipinski definition) is 1. The Morgan fingerprint density at radius 3 is 2.90 bits per heavy atom. The van der Waals surface area contributed by atoms with Gasteiger partial charge in [-0.1, -0.05) is 0 Å². The normalized spacial score (nSPS) is 11.7. The smallest absolute Gasteiger partial charge is 0.305 e. The topological polar surface area (TPSA) is 70.3 Å². The van der Waals surface area contributed by atoms with Crippen molar-refractivity contribution < 1.29 is 14.6 Å². The summed E-state index contributed by atoms with van der Waals surface area (Å²) in [6.07, 6.45) is -0.826. The SMILES string of the molecule is COC(=O)CCC(O)C#N. The van der Waals surface area contributed by atoms with Gasteiger partial charge in [-0.2, -0.15) is 5.26 Å². The Morgan fingerprint density at radius 1 is 1.90 bits per heavy atom. The van der Waals surface area contributed by atoms with Crippen LogP contribution < -0.4 is 0 Å². The fourth-order valence-corrected chi connectivity index (χ4v) is 0.421. The first-order valence-electron chi connectivity index (χ1n) is 2.85. The van der Waals surface area contributed by atoms with Crippen LogP contribution in [-0.4, -0.2) is 24.3 Å². The lowest BCUT2D eigenvalue weighted by Crippen LogP contribution is -2.07. The van der Waals surface area contributed by atoms with Crippen molar-refractivity contribution >= 4 is 5.97 Å². The minimum atomic E-state index is -1.06. The number of hydrogen-bond acceptors (Lipinski definition) is 4. The molecule has 1 N–H and O–H groups in total. The number of aliphatic hydroxyl groups is 1. The van der Waals surface area contributed by atoms with E-state index in [9.17, 15) is 4.79 Å².